The topological polar surface area (TPSA) is 87.0 Å². The number of aliphatic hydroxyl groups excluding tert-OH is 1. The molecule has 100 valence electrons. The summed E-state index contributed by atoms with van der Waals surface area (Å²) in [4.78, 5) is 11.7. The van der Waals surface area contributed by atoms with Gasteiger partial charge in [0.1, 0.15) is 23.4 Å². The van der Waals surface area contributed by atoms with Crippen LogP contribution in [0.2, 0.25) is 0 Å². The maximum absolute atomic E-state index is 11.7. The minimum Gasteiger partial charge on any atom is -0.507 e. The van der Waals surface area contributed by atoms with E-state index in [0.29, 0.717) is 11.1 Å². The highest BCUT2D eigenvalue weighted by Gasteiger charge is 2.16. The molecule has 1 unspecified atom stereocenters. The molecule has 2 rings (SSSR count). The van der Waals surface area contributed by atoms with Crippen molar-refractivity contribution in [1.82, 2.24) is 0 Å². The second-order valence-corrected chi connectivity index (χ2v) is 4.28. The Kier molecular flexibility index (Phi) is 3.31. The number of carbonyl (C=O) groups excluding carboxylic acids is 1. The molecular weight excluding hydrogens is 248 g/mol. The second-order valence-electron chi connectivity index (χ2n) is 4.28. The van der Waals surface area contributed by atoms with Gasteiger partial charge in [0.2, 0.25) is 0 Å². The zero-order chi connectivity index (χ0) is 14.2. The largest absolute Gasteiger partial charge is 0.507 e. The number of fused-ring (bicyclic) bond motifs is 1. The van der Waals surface area contributed by atoms with Gasteiger partial charge in [0.05, 0.1) is 12.5 Å². The molecule has 0 amide bonds. The summed E-state index contributed by atoms with van der Waals surface area (Å²) in [5, 5.41) is 29.7. The van der Waals surface area contributed by atoms with Crippen LogP contribution in [0.4, 0.5) is 0 Å². The van der Waals surface area contributed by atoms with Crippen LogP contribution in [0.15, 0.2) is 24.3 Å². The molecule has 0 saturated carbocycles. The molecule has 0 aliphatic carbocycles. The van der Waals surface area contributed by atoms with Gasteiger partial charge in [0.15, 0.2) is 5.78 Å². The highest BCUT2D eigenvalue weighted by molar-refractivity contribution is 6.05. The van der Waals surface area contributed by atoms with Gasteiger partial charge < -0.3 is 20.1 Å². The van der Waals surface area contributed by atoms with Crippen molar-refractivity contribution >= 4 is 16.6 Å². The van der Waals surface area contributed by atoms with Crippen molar-refractivity contribution in [2.75, 3.05) is 7.11 Å². The summed E-state index contributed by atoms with van der Waals surface area (Å²) in [5.74, 6) is -0.449. The van der Waals surface area contributed by atoms with Crippen LogP contribution in [0, 0.1) is 0 Å². The number of Topliss-reactive ketones (excluding diaryl/α,β-unsaturated/α-hetero) is 1. The Bertz CT molecular complexity index is 646. The van der Waals surface area contributed by atoms with E-state index in [4.69, 9.17) is 4.74 Å². The van der Waals surface area contributed by atoms with E-state index in [0.717, 1.165) is 0 Å². The Balaban J connectivity index is 2.71. The Morgan fingerprint density at radius 2 is 1.79 bits per heavy atom. The lowest BCUT2D eigenvalue weighted by molar-refractivity contribution is 0.0779. The number of hydrogen-bond donors (Lipinski definition) is 3. The SMILES string of the molecule is COc1cc(O)c2c(O)cc(C(=O)C(C)O)cc2c1. The molecular formula is C14H14O5. The number of aromatic hydroxyl groups is 2. The van der Waals surface area contributed by atoms with Gasteiger partial charge in [-0.15, -0.1) is 0 Å². The van der Waals surface area contributed by atoms with Crippen molar-refractivity contribution in [3.8, 4) is 17.2 Å². The molecule has 3 N–H and O–H groups in total. The molecule has 0 radical (unpaired) electrons. The van der Waals surface area contributed by atoms with E-state index in [-0.39, 0.29) is 22.4 Å². The predicted octanol–water partition coefficient (Wildman–Crippen LogP) is 1.82. The number of phenolic OH excluding ortho intramolecular Hbond substituents is 2. The summed E-state index contributed by atoms with van der Waals surface area (Å²) < 4.78 is 5.01. The fourth-order valence-electron chi connectivity index (χ4n) is 1.94. The molecule has 19 heavy (non-hydrogen) atoms. The van der Waals surface area contributed by atoms with Gasteiger partial charge in [0, 0.05) is 11.6 Å². The van der Waals surface area contributed by atoms with Crippen molar-refractivity contribution in [2.24, 2.45) is 0 Å². The van der Waals surface area contributed by atoms with Crippen LogP contribution in [-0.2, 0) is 0 Å². The zero-order valence-corrected chi connectivity index (χ0v) is 10.5. The highest BCUT2D eigenvalue weighted by atomic mass is 16.5. The predicted molar refractivity (Wildman–Crippen MR) is 69.8 cm³/mol. The number of ketones is 1. The molecule has 0 spiro atoms. The maximum Gasteiger partial charge on any atom is 0.191 e. The Labute approximate surface area is 109 Å². The summed E-state index contributed by atoms with van der Waals surface area (Å²) in [5.41, 5.74) is 0.174. The smallest absolute Gasteiger partial charge is 0.191 e. The van der Waals surface area contributed by atoms with E-state index in [1.807, 2.05) is 0 Å². The molecule has 0 aliphatic heterocycles. The number of ether oxygens (including phenoxy) is 1. The van der Waals surface area contributed by atoms with E-state index in [1.54, 1.807) is 6.07 Å². The number of hydrogen-bond acceptors (Lipinski definition) is 5. The normalized spacial score (nSPS) is 12.4. The van der Waals surface area contributed by atoms with Crippen molar-refractivity contribution in [3.63, 3.8) is 0 Å². The number of carbonyl (C=O) groups is 1. The third-order valence-corrected chi connectivity index (χ3v) is 2.88. The molecule has 1 atom stereocenters. The van der Waals surface area contributed by atoms with E-state index >= 15 is 0 Å². The molecule has 0 saturated heterocycles. The van der Waals surface area contributed by atoms with Gasteiger partial charge in [-0.3, -0.25) is 4.79 Å². The Morgan fingerprint density at radius 1 is 1.16 bits per heavy atom. The Morgan fingerprint density at radius 3 is 2.37 bits per heavy atom. The Hall–Kier alpha value is -2.27. The van der Waals surface area contributed by atoms with Crippen LogP contribution in [-0.4, -0.2) is 34.3 Å². The quantitative estimate of drug-likeness (QED) is 0.734. The molecule has 0 aromatic heterocycles. The lowest BCUT2D eigenvalue weighted by Crippen LogP contribution is -2.15. The number of aliphatic hydroxyl groups is 1. The van der Waals surface area contributed by atoms with E-state index < -0.39 is 11.9 Å². The fraction of sp³-hybridized carbons (Fsp3) is 0.214. The second kappa shape index (κ2) is 4.78. The first-order valence-corrected chi connectivity index (χ1v) is 5.70. The lowest BCUT2D eigenvalue weighted by atomic mass is 10.0. The molecule has 2 aromatic rings. The zero-order valence-electron chi connectivity index (χ0n) is 10.5. The average Bonchev–Trinajstić information content (AvgIpc) is 2.36. The third-order valence-electron chi connectivity index (χ3n) is 2.88. The summed E-state index contributed by atoms with van der Waals surface area (Å²) in [6, 6.07) is 5.68. The van der Waals surface area contributed by atoms with Gasteiger partial charge in [-0.25, -0.2) is 0 Å². The standard InChI is InChI=1S/C14H14O5/c1-7(15)14(18)9-3-8-4-10(19-2)6-12(17)13(8)11(16)5-9/h3-7,15-17H,1-2H3. The molecule has 0 heterocycles. The van der Waals surface area contributed by atoms with Gasteiger partial charge in [0.25, 0.3) is 0 Å². The fourth-order valence-corrected chi connectivity index (χ4v) is 1.94. The van der Waals surface area contributed by atoms with E-state index in [2.05, 4.69) is 0 Å². The molecule has 0 fully saturated rings. The maximum atomic E-state index is 11.7. The van der Waals surface area contributed by atoms with Gasteiger partial charge in [-0.05, 0) is 30.5 Å². The summed E-state index contributed by atoms with van der Waals surface area (Å²) >= 11 is 0. The molecule has 0 bridgehead atoms. The first-order valence-electron chi connectivity index (χ1n) is 5.70. The minimum absolute atomic E-state index is 0.136. The van der Waals surface area contributed by atoms with Crippen LogP contribution < -0.4 is 4.74 Å². The number of methoxy groups -OCH3 is 1. The lowest BCUT2D eigenvalue weighted by Gasteiger charge is -2.10. The van der Waals surface area contributed by atoms with Crippen LogP contribution >= 0.6 is 0 Å². The number of phenols is 2. The molecule has 0 aliphatic rings. The van der Waals surface area contributed by atoms with Gasteiger partial charge in [-0.2, -0.15) is 0 Å². The van der Waals surface area contributed by atoms with Crippen molar-refractivity contribution in [1.29, 1.82) is 0 Å². The summed E-state index contributed by atoms with van der Waals surface area (Å²) in [6.45, 7) is 1.35. The van der Waals surface area contributed by atoms with Crippen LogP contribution in [0.1, 0.15) is 17.3 Å². The van der Waals surface area contributed by atoms with Crippen LogP contribution in [0.3, 0.4) is 0 Å². The van der Waals surface area contributed by atoms with E-state index in [9.17, 15) is 20.1 Å². The monoisotopic (exact) mass is 262 g/mol. The molecule has 2 aromatic carbocycles. The molecule has 5 nitrogen and oxygen atoms in total. The third kappa shape index (κ3) is 2.32. The van der Waals surface area contributed by atoms with Gasteiger partial charge in [-0.1, -0.05) is 0 Å². The number of rotatable bonds is 3. The first kappa shape index (κ1) is 13.2. The van der Waals surface area contributed by atoms with Gasteiger partial charge >= 0.3 is 0 Å². The van der Waals surface area contributed by atoms with Crippen molar-refractivity contribution in [2.45, 2.75) is 13.0 Å². The summed E-state index contributed by atoms with van der Waals surface area (Å²) in [7, 11) is 1.45. The van der Waals surface area contributed by atoms with Crippen molar-refractivity contribution in [3.05, 3.63) is 29.8 Å². The van der Waals surface area contributed by atoms with E-state index in [1.165, 1.54) is 32.2 Å². The highest BCUT2D eigenvalue weighted by Crippen LogP contribution is 2.37. The van der Waals surface area contributed by atoms with Crippen molar-refractivity contribution < 1.29 is 24.9 Å². The number of benzene rings is 2. The summed E-state index contributed by atoms with van der Waals surface area (Å²) in [6.07, 6.45) is -1.16. The minimum atomic E-state index is -1.16. The molecule has 5 heteroatoms. The van der Waals surface area contributed by atoms with Crippen LogP contribution in [0.5, 0.6) is 17.2 Å². The van der Waals surface area contributed by atoms with Crippen LogP contribution in [0.25, 0.3) is 10.8 Å². The average molecular weight is 262 g/mol. The first-order chi connectivity index (χ1) is 8.93.